The van der Waals surface area contributed by atoms with Gasteiger partial charge in [-0.1, -0.05) is 11.3 Å². The summed E-state index contributed by atoms with van der Waals surface area (Å²) in [7, 11) is 1.30. The summed E-state index contributed by atoms with van der Waals surface area (Å²) >= 11 is 2.36. The van der Waals surface area contributed by atoms with Gasteiger partial charge < -0.3 is 4.74 Å². The summed E-state index contributed by atoms with van der Waals surface area (Å²) in [5, 5.41) is 11.0. The average Bonchev–Trinajstić information content (AvgIpc) is 3.01. The molecule has 0 radical (unpaired) electrons. The first-order valence-corrected chi connectivity index (χ1v) is 8.45. The molecular formula is C14H14FN3O3S2. The van der Waals surface area contributed by atoms with E-state index in [-0.39, 0.29) is 23.4 Å². The largest absolute Gasteiger partial charge is 0.468 e. The molecule has 0 saturated heterocycles. The van der Waals surface area contributed by atoms with E-state index in [2.05, 4.69) is 20.3 Å². The molecule has 0 aliphatic rings. The lowest BCUT2D eigenvalue weighted by molar-refractivity contribution is -0.137. The van der Waals surface area contributed by atoms with E-state index in [0.717, 1.165) is 5.56 Å². The van der Waals surface area contributed by atoms with E-state index >= 15 is 0 Å². The zero-order valence-electron chi connectivity index (χ0n) is 12.4. The number of ether oxygens (including phenoxy) is 1. The van der Waals surface area contributed by atoms with Crippen molar-refractivity contribution in [3.63, 3.8) is 0 Å². The molecule has 1 aromatic heterocycles. The zero-order valence-corrected chi connectivity index (χ0v) is 14.0. The number of nitrogens with one attached hydrogen (secondary N) is 1. The van der Waals surface area contributed by atoms with E-state index < -0.39 is 5.25 Å². The monoisotopic (exact) mass is 355 g/mol. The smallest absolute Gasteiger partial charge is 0.315 e. The van der Waals surface area contributed by atoms with Crippen molar-refractivity contribution in [1.82, 2.24) is 10.2 Å². The standard InChI is InChI=1S/C14H14FN3O3S2/c1-8(22-7-11(19)21-2)12(20)16-14-18-17-13(23-14)9-3-5-10(15)6-4-9/h3-6,8H,7H2,1-2H3,(H,16,18,20)/t8-/m0/s1. The number of carbonyl (C=O) groups excluding carboxylic acids is 2. The van der Waals surface area contributed by atoms with E-state index in [0.29, 0.717) is 10.1 Å². The first kappa shape index (κ1) is 17.4. The minimum atomic E-state index is -0.438. The Kier molecular flexibility index (Phi) is 6.05. The number of carbonyl (C=O) groups is 2. The number of benzene rings is 1. The number of amides is 1. The molecule has 0 saturated carbocycles. The number of methoxy groups -OCH3 is 1. The fraction of sp³-hybridized carbons (Fsp3) is 0.286. The number of thioether (sulfide) groups is 1. The summed E-state index contributed by atoms with van der Waals surface area (Å²) in [5.74, 6) is -0.893. The van der Waals surface area contributed by atoms with Crippen LogP contribution in [-0.4, -0.2) is 40.2 Å². The average molecular weight is 355 g/mol. The molecule has 9 heteroatoms. The van der Waals surface area contributed by atoms with E-state index in [4.69, 9.17) is 0 Å². The molecule has 0 bridgehead atoms. The van der Waals surface area contributed by atoms with Gasteiger partial charge in [0.2, 0.25) is 11.0 Å². The molecule has 1 amide bonds. The molecule has 2 aromatic rings. The number of hydrogen-bond acceptors (Lipinski definition) is 7. The van der Waals surface area contributed by atoms with Crippen LogP contribution in [0.15, 0.2) is 24.3 Å². The SMILES string of the molecule is COC(=O)CS[C@@H](C)C(=O)Nc1nnc(-c2ccc(F)cc2)s1. The van der Waals surface area contributed by atoms with Crippen molar-refractivity contribution < 1.29 is 18.7 Å². The highest BCUT2D eigenvalue weighted by Gasteiger charge is 2.17. The maximum atomic E-state index is 12.9. The second-order valence-corrected chi connectivity index (χ2v) is 6.74. The molecule has 2 rings (SSSR count). The molecule has 0 aliphatic heterocycles. The molecule has 122 valence electrons. The minimum Gasteiger partial charge on any atom is -0.468 e. The van der Waals surface area contributed by atoms with Gasteiger partial charge in [-0.3, -0.25) is 14.9 Å². The van der Waals surface area contributed by atoms with Crippen LogP contribution in [0.5, 0.6) is 0 Å². The number of halogens is 1. The third-order valence-corrected chi connectivity index (χ3v) is 4.80. The van der Waals surface area contributed by atoms with Gasteiger partial charge in [-0.25, -0.2) is 4.39 Å². The van der Waals surface area contributed by atoms with Gasteiger partial charge in [0.1, 0.15) is 10.8 Å². The molecule has 1 heterocycles. The topological polar surface area (TPSA) is 81.2 Å². The molecule has 6 nitrogen and oxygen atoms in total. The normalized spacial score (nSPS) is 11.8. The van der Waals surface area contributed by atoms with Crippen molar-refractivity contribution in [2.45, 2.75) is 12.2 Å². The molecule has 0 aliphatic carbocycles. The molecule has 1 atom stereocenters. The van der Waals surface area contributed by atoms with Crippen LogP contribution in [0.2, 0.25) is 0 Å². The maximum Gasteiger partial charge on any atom is 0.315 e. The van der Waals surface area contributed by atoms with Gasteiger partial charge >= 0.3 is 5.97 Å². The summed E-state index contributed by atoms with van der Waals surface area (Å²) in [6.45, 7) is 1.69. The third-order valence-electron chi connectivity index (χ3n) is 2.79. The minimum absolute atomic E-state index is 0.0992. The van der Waals surface area contributed by atoms with E-state index in [1.165, 1.54) is 42.3 Å². The van der Waals surface area contributed by atoms with Gasteiger partial charge in [-0.2, -0.15) is 0 Å². The van der Waals surface area contributed by atoms with Crippen LogP contribution in [0.1, 0.15) is 6.92 Å². The Bertz CT molecular complexity index is 691. The lowest BCUT2D eigenvalue weighted by atomic mass is 10.2. The Morgan fingerprint density at radius 2 is 2.04 bits per heavy atom. The predicted molar refractivity (Wildman–Crippen MR) is 87.9 cm³/mol. The van der Waals surface area contributed by atoms with Crippen LogP contribution in [0.4, 0.5) is 9.52 Å². The fourth-order valence-corrected chi connectivity index (χ4v) is 2.98. The number of aromatic nitrogens is 2. The number of anilines is 1. The Hall–Kier alpha value is -2.00. The highest BCUT2D eigenvalue weighted by atomic mass is 32.2. The summed E-state index contributed by atoms with van der Waals surface area (Å²) in [6, 6.07) is 5.85. The number of rotatable bonds is 6. The Morgan fingerprint density at radius 1 is 1.35 bits per heavy atom. The van der Waals surface area contributed by atoms with Gasteiger partial charge in [0.15, 0.2) is 0 Å². The Morgan fingerprint density at radius 3 is 2.70 bits per heavy atom. The number of nitrogens with zero attached hydrogens (tertiary/aromatic N) is 2. The number of esters is 1. The van der Waals surface area contributed by atoms with E-state index in [9.17, 15) is 14.0 Å². The Labute approximate surface area is 140 Å². The van der Waals surface area contributed by atoms with Gasteiger partial charge in [0.25, 0.3) is 0 Å². The molecule has 23 heavy (non-hydrogen) atoms. The van der Waals surface area contributed by atoms with Crippen molar-refractivity contribution in [3.8, 4) is 10.6 Å². The first-order chi connectivity index (χ1) is 11.0. The predicted octanol–water partition coefficient (Wildman–Crippen LogP) is 2.58. The molecule has 0 fully saturated rings. The molecule has 1 N–H and O–H groups in total. The number of hydrogen-bond donors (Lipinski definition) is 1. The fourth-order valence-electron chi connectivity index (χ4n) is 1.52. The van der Waals surface area contributed by atoms with Crippen molar-refractivity contribution in [2.75, 3.05) is 18.2 Å². The maximum absolute atomic E-state index is 12.9. The lowest BCUT2D eigenvalue weighted by Gasteiger charge is -2.08. The summed E-state index contributed by atoms with van der Waals surface area (Å²) in [6.07, 6.45) is 0. The van der Waals surface area contributed by atoms with Crippen LogP contribution >= 0.6 is 23.1 Å². The van der Waals surface area contributed by atoms with Crippen molar-refractivity contribution >= 4 is 40.1 Å². The molecule has 1 aromatic carbocycles. The summed E-state index contributed by atoms with van der Waals surface area (Å²) < 4.78 is 17.4. The highest BCUT2D eigenvalue weighted by molar-refractivity contribution is 8.01. The third kappa shape index (κ3) is 5.00. The van der Waals surface area contributed by atoms with Gasteiger partial charge in [-0.15, -0.1) is 22.0 Å². The van der Waals surface area contributed by atoms with Crippen LogP contribution in [0, 0.1) is 5.82 Å². The van der Waals surface area contributed by atoms with Crippen LogP contribution in [0.3, 0.4) is 0 Å². The van der Waals surface area contributed by atoms with Crippen molar-refractivity contribution in [3.05, 3.63) is 30.1 Å². The second kappa shape index (κ2) is 8.02. The van der Waals surface area contributed by atoms with Crippen LogP contribution in [-0.2, 0) is 14.3 Å². The lowest BCUT2D eigenvalue weighted by Crippen LogP contribution is -2.23. The first-order valence-electron chi connectivity index (χ1n) is 6.58. The van der Waals surface area contributed by atoms with E-state index in [1.807, 2.05) is 0 Å². The Balaban J connectivity index is 1.94. The van der Waals surface area contributed by atoms with Crippen molar-refractivity contribution in [2.24, 2.45) is 0 Å². The van der Waals surface area contributed by atoms with Crippen molar-refractivity contribution in [1.29, 1.82) is 0 Å². The molecule has 0 spiro atoms. The van der Waals surface area contributed by atoms with Gasteiger partial charge in [-0.05, 0) is 31.2 Å². The van der Waals surface area contributed by atoms with Crippen LogP contribution < -0.4 is 5.32 Å². The van der Waals surface area contributed by atoms with E-state index in [1.54, 1.807) is 19.1 Å². The second-order valence-electron chi connectivity index (χ2n) is 4.44. The quantitative estimate of drug-likeness (QED) is 0.802. The van der Waals surface area contributed by atoms with Gasteiger partial charge in [0.05, 0.1) is 18.1 Å². The van der Waals surface area contributed by atoms with Gasteiger partial charge in [0, 0.05) is 5.56 Å². The zero-order chi connectivity index (χ0) is 16.8. The molecule has 0 unspecified atom stereocenters. The highest BCUT2D eigenvalue weighted by Crippen LogP contribution is 2.26. The summed E-state index contributed by atoms with van der Waals surface area (Å²) in [4.78, 5) is 23.1. The molecular weight excluding hydrogens is 341 g/mol. The summed E-state index contributed by atoms with van der Waals surface area (Å²) in [5.41, 5.74) is 0.720. The van der Waals surface area contributed by atoms with Crippen LogP contribution in [0.25, 0.3) is 10.6 Å².